The van der Waals surface area contributed by atoms with E-state index in [0.717, 1.165) is 17.8 Å². The Kier molecular flexibility index (Phi) is 11.3. The fourth-order valence-electron chi connectivity index (χ4n) is 4.19. The van der Waals surface area contributed by atoms with Crippen LogP contribution in [0.5, 0.6) is 0 Å². The molecule has 0 amide bonds. The van der Waals surface area contributed by atoms with Gasteiger partial charge < -0.3 is 5.32 Å². The Labute approximate surface area is 134 Å². The third-order valence-corrected chi connectivity index (χ3v) is 5.46. The molecule has 0 aromatic heterocycles. The summed E-state index contributed by atoms with van der Waals surface area (Å²) < 4.78 is 0. The van der Waals surface area contributed by atoms with E-state index < -0.39 is 0 Å². The van der Waals surface area contributed by atoms with Crippen molar-refractivity contribution in [2.24, 2.45) is 17.8 Å². The second-order valence-electron chi connectivity index (χ2n) is 7.39. The third-order valence-electron chi connectivity index (χ3n) is 5.46. The molecule has 0 spiro atoms. The molecule has 0 aromatic carbocycles. The summed E-state index contributed by atoms with van der Waals surface area (Å²) in [5, 5.41) is 3.69. The number of unbranched alkanes of at least 4 members (excludes halogenated alkanes) is 4. The van der Waals surface area contributed by atoms with Crippen LogP contribution in [0.25, 0.3) is 0 Å². The smallest absolute Gasteiger partial charge is 0.00179 e. The van der Waals surface area contributed by atoms with Gasteiger partial charge in [-0.25, -0.2) is 0 Å². The molecular formula is C20H41N. The van der Waals surface area contributed by atoms with Crippen LogP contribution in [-0.4, -0.2) is 13.1 Å². The van der Waals surface area contributed by atoms with Crippen molar-refractivity contribution in [2.45, 2.75) is 97.8 Å². The first-order chi connectivity index (χ1) is 10.3. The Morgan fingerprint density at radius 2 is 1.57 bits per heavy atom. The minimum absolute atomic E-state index is 0.968. The summed E-state index contributed by atoms with van der Waals surface area (Å²) in [5.74, 6) is 3.02. The number of rotatable bonds is 12. The maximum Gasteiger partial charge on any atom is -0.00179 e. The van der Waals surface area contributed by atoms with Gasteiger partial charge in [0.2, 0.25) is 0 Å². The lowest BCUT2D eigenvalue weighted by molar-refractivity contribution is 0.156. The molecule has 0 heterocycles. The normalized spacial score (nSPS) is 26.1. The van der Waals surface area contributed by atoms with Gasteiger partial charge in [0.15, 0.2) is 0 Å². The molecule has 0 aromatic rings. The monoisotopic (exact) mass is 295 g/mol. The highest BCUT2D eigenvalue weighted by molar-refractivity contribution is 4.81. The summed E-state index contributed by atoms with van der Waals surface area (Å²) in [4.78, 5) is 0. The van der Waals surface area contributed by atoms with E-state index in [1.165, 1.54) is 90.1 Å². The molecule has 1 aliphatic rings. The average Bonchev–Trinajstić information content (AvgIpc) is 2.49. The van der Waals surface area contributed by atoms with E-state index in [1.54, 1.807) is 0 Å². The van der Waals surface area contributed by atoms with E-state index in [1.807, 2.05) is 0 Å². The molecule has 1 heteroatoms. The molecule has 1 aliphatic carbocycles. The minimum atomic E-state index is 0.968. The SMILES string of the molecule is CCCCCCCC1CC(CCC)CCC1CNCCC. The van der Waals surface area contributed by atoms with Crippen LogP contribution in [0.15, 0.2) is 0 Å². The number of hydrogen-bond acceptors (Lipinski definition) is 1. The highest BCUT2D eigenvalue weighted by Gasteiger charge is 2.29. The topological polar surface area (TPSA) is 12.0 Å². The Balaban J connectivity index is 2.32. The van der Waals surface area contributed by atoms with Gasteiger partial charge in [-0.15, -0.1) is 0 Å². The molecule has 0 aliphatic heterocycles. The maximum atomic E-state index is 3.69. The fraction of sp³-hybridized carbons (Fsp3) is 1.00. The molecule has 0 radical (unpaired) electrons. The van der Waals surface area contributed by atoms with Gasteiger partial charge in [-0.3, -0.25) is 0 Å². The van der Waals surface area contributed by atoms with Crippen LogP contribution >= 0.6 is 0 Å². The van der Waals surface area contributed by atoms with E-state index in [-0.39, 0.29) is 0 Å². The molecular weight excluding hydrogens is 254 g/mol. The molecule has 1 rings (SSSR count). The van der Waals surface area contributed by atoms with Gasteiger partial charge in [0.25, 0.3) is 0 Å². The quantitative estimate of drug-likeness (QED) is 0.424. The summed E-state index contributed by atoms with van der Waals surface area (Å²) in [7, 11) is 0. The maximum absolute atomic E-state index is 3.69. The molecule has 1 nitrogen and oxygen atoms in total. The van der Waals surface area contributed by atoms with Crippen LogP contribution in [-0.2, 0) is 0 Å². The molecule has 21 heavy (non-hydrogen) atoms. The average molecular weight is 296 g/mol. The van der Waals surface area contributed by atoms with Gasteiger partial charge in [0.05, 0.1) is 0 Å². The Morgan fingerprint density at radius 3 is 2.29 bits per heavy atom. The van der Waals surface area contributed by atoms with E-state index in [2.05, 4.69) is 26.1 Å². The molecule has 3 atom stereocenters. The van der Waals surface area contributed by atoms with Crippen molar-refractivity contribution >= 4 is 0 Å². The van der Waals surface area contributed by atoms with Gasteiger partial charge in [0.1, 0.15) is 0 Å². The summed E-state index contributed by atoms with van der Waals surface area (Å²) in [6.07, 6.45) is 17.4. The van der Waals surface area contributed by atoms with Crippen molar-refractivity contribution < 1.29 is 0 Å². The van der Waals surface area contributed by atoms with E-state index >= 15 is 0 Å². The largest absolute Gasteiger partial charge is 0.316 e. The molecule has 3 unspecified atom stereocenters. The summed E-state index contributed by atoms with van der Waals surface area (Å²) in [6.45, 7) is 9.43. The standard InChI is InChI=1S/C20H41N/c1-4-7-8-9-10-12-19-16-18(11-5-2)13-14-20(19)17-21-15-6-3/h18-21H,4-17H2,1-3H3. The second kappa shape index (κ2) is 12.5. The molecule has 126 valence electrons. The van der Waals surface area contributed by atoms with Gasteiger partial charge in [0, 0.05) is 0 Å². The van der Waals surface area contributed by atoms with Crippen molar-refractivity contribution in [2.75, 3.05) is 13.1 Å². The van der Waals surface area contributed by atoms with Crippen LogP contribution in [0.2, 0.25) is 0 Å². The zero-order chi connectivity index (χ0) is 15.3. The molecule has 0 saturated heterocycles. The third kappa shape index (κ3) is 8.24. The lowest BCUT2D eigenvalue weighted by Gasteiger charge is -2.36. The van der Waals surface area contributed by atoms with Crippen LogP contribution in [0.3, 0.4) is 0 Å². The Morgan fingerprint density at radius 1 is 0.762 bits per heavy atom. The van der Waals surface area contributed by atoms with Gasteiger partial charge >= 0.3 is 0 Å². The van der Waals surface area contributed by atoms with Crippen molar-refractivity contribution in [1.82, 2.24) is 5.32 Å². The first kappa shape index (κ1) is 19.0. The zero-order valence-corrected chi connectivity index (χ0v) is 15.1. The first-order valence-electron chi connectivity index (χ1n) is 10.0. The molecule has 1 fully saturated rings. The van der Waals surface area contributed by atoms with Crippen molar-refractivity contribution in [1.29, 1.82) is 0 Å². The summed E-state index contributed by atoms with van der Waals surface area (Å²) in [6, 6.07) is 0. The first-order valence-corrected chi connectivity index (χ1v) is 10.0. The van der Waals surface area contributed by atoms with Crippen molar-refractivity contribution in [3.63, 3.8) is 0 Å². The van der Waals surface area contributed by atoms with Crippen LogP contribution < -0.4 is 5.32 Å². The highest BCUT2D eigenvalue weighted by Crippen LogP contribution is 2.38. The zero-order valence-electron chi connectivity index (χ0n) is 15.1. The van der Waals surface area contributed by atoms with Crippen LogP contribution in [0.1, 0.15) is 97.8 Å². The van der Waals surface area contributed by atoms with Crippen LogP contribution in [0, 0.1) is 17.8 Å². The summed E-state index contributed by atoms with van der Waals surface area (Å²) >= 11 is 0. The van der Waals surface area contributed by atoms with Gasteiger partial charge in [-0.2, -0.15) is 0 Å². The second-order valence-corrected chi connectivity index (χ2v) is 7.39. The van der Waals surface area contributed by atoms with Crippen molar-refractivity contribution in [3.8, 4) is 0 Å². The van der Waals surface area contributed by atoms with Crippen molar-refractivity contribution in [3.05, 3.63) is 0 Å². The summed E-state index contributed by atoms with van der Waals surface area (Å²) in [5.41, 5.74) is 0. The molecule has 1 saturated carbocycles. The Hall–Kier alpha value is -0.0400. The Bertz CT molecular complexity index is 226. The lowest BCUT2D eigenvalue weighted by Crippen LogP contribution is -2.33. The van der Waals surface area contributed by atoms with Crippen LogP contribution in [0.4, 0.5) is 0 Å². The van der Waals surface area contributed by atoms with Gasteiger partial charge in [-0.05, 0) is 50.1 Å². The molecule has 1 N–H and O–H groups in total. The lowest BCUT2D eigenvalue weighted by atomic mass is 9.71. The predicted octanol–water partition coefficient (Wildman–Crippen LogP) is 6.18. The number of hydrogen-bond donors (Lipinski definition) is 1. The highest BCUT2D eigenvalue weighted by atomic mass is 14.9. The minimum Gasteiger partial charge on any atom is -0.316 e. The molecule has 0 bridgehead atoms. The van der Waals surface area contributed by atoms with E-state index in [9.17, 15) is 0 Å². The predicted molar refractivity (Wildman–Crippen MR) is 95.8 cm³/mol. The van der Waals surface area contributed by atoms with Gasteiger partial charge in [-0.1, -0.05) is 78.6 Å². The van der Waals surface area contributed by atoms with E-state index in [0.29, 0.717) is 0 Å². The fourth-order valence-corrected chi connectivity index (χ4v) is 4.19. The van der Waals surface area contributed by atoms with E-state index in [4.69, 9.17) is 0 Å². The number of nitrogens with one attached hydrogen (secondary N) is 1.